The van der Waals surface area contributed by atoms with Crippen molar-refractivity contribution in [2.75, 3.05) is 7.05 Å². The van der Waals surface area contributed by atoms with Gasteiger partial charge in [-0.15, -0.1) is 0 Å². The van der Waals surface area contributed by atoms with Gasteiger partial charge in [0.15, 0.2) is 5.76 Å². The van der Waals surface area contributed by atoms with Crippen LogP contribution in [0.1, 0.15) is 33.4 Å². The highest BCUT2D eigenvalue weighted by Gasteiger charge is 2.17. The number of rotatable bonds is 6. The van der Waals surface area contributed by atoms with Crippen LogP contribution in [0.3, 0.4) is 0 Å². The minimum Gasteiger partial charge on any atom is -0.459 e. The van der Waals surface area contributed by atoms with Crippen LogP contribution in [0.2, 0.25) is 0 Å². The Bertz CT molecular complexity index is 708. The molecule has 7 heteroatoms. The fraction of sp³-hybridized carbons (Fsp3) is 0.235. The van der Waals surface area contributed by atoms with E-state index in [1.807, 2.05) is 0 Å². The largest absolute Gasteiger partial charge is 0.459 e. The molecule has 1 aromatic heterocycles. The lowest BCUT2D eigenvalue weighted by molar-refractivity contribution is -0.122. The molecule has 7 nitrogen and oxygen atoms in total. The molecule has 0 fully saturated rings. The predicted molar refractivity (Wildman–Crippen MR) is 87.3 cm³/mol. The van der Waals surface area contributed by atoms with Gasteiger partial charge in [0.25, 0.3) is 11.8 Å². The summed E-state index contributed by atoms with van der Waals surface area (Å²) in [5, 5.41) is 7.82. The molecule has 1 heterocycles. The fourth-order valence-corrected chi connectivity index (χ4v) is 2.00. The summed E-state index contributed by atoms with van der Waals surface area (Å²) in [6.07, 6.45) is 1.39. The molecule has 0 saturated heterocycles. The zero-order chi connectivity index (χ0) is 17.5. The van der Waals surface area contributed by atoms with Crippen molar-refractivity contribution in [3.63, 3.8) is 0 Å². The minimum atomic E-state index is -0.701. The predicted octanol–water partition coefficient (Wildman–Crippen LogP) is 1.07. The molecule has 126 valence electrons. The summed E-state index contributed by atoms with van der Waals surface area (Å²) in [6, 6.07) is 9.31. The van der Waals surface area contributed by atoms with E-state index in [9.17, 15) is 14.4 Å². The van der Waals surface area contributed by atoms with E-state index in [2.05, 4.69) is 16.0 Å². The van der Waals surface area contributed by atoms with E-state index in [0.29, 0.717) is 12.1 Å². The third-order valence-corrected chi connectivity index (χ3v) is 3.40. The maximum Gasteiger partial charge on any atom is 0.287 e. The van der Waals surface area contributed by atoms with Gasteiger partial charge in [-0.2, -0.15) is 0 Å². The maximum atomic E-state index is 12.0. The molecule has 0 spiro atoms. The molecule has 2 rings (SSSR count). The highest BCUT2D eigenvalue weighted by atomic mass is 16.3. The van der Waals surface area contributed by atoms with Crippen molar-refractivity contribution >= 4 is 17.7 Å². The number of carbonyl (C=O) groups is 3. The first-order valence-electron chi connectivity index (χ1n) is 7.44. The van der Waals surface area contributed by atoms with Crippen LogP contribution in [0.25, 0.3) is 0 Å². The molecule has 0 aliphatic carbocycles. The quantitative estimate of drug-likeness (QED) is 0.738. The molecule has 3 N–H and O–H groups in total. The van der Waals surface area contributed by atoms with Crippen molar-refractivity contribution in [2.45, 2.75) is 19.5 Å². The summed E-state index contributed by atoms with van der Waals surface area (Å²) in [6.45, 7) is 1.89. The minimum absolute atomic E-state index is 0.152. The average Bonchev–Trinajstić information content (AvgIpc) is 3.14. The number of hydrogen-bond acceptors (Lipinski definition) is 4. The molecule has 0 bridgehead atoms. The van der Waals surface area contributed by atoms with Gasteiger partial charge in [0, 0.05) is 19.2 Å². The molecule has 0 radical (unpaired) electrons. The van der Waals surface area contributed by atoms with Crippen LogP contribution < -0.4 is 16.0 Å². The van der Waals surface area contributed by atoms with Crippen LogP contribution >= 0.6 is 0 Å². The number of benzene rings is 1. The van der Waals surface area contributed by atoms with Crippen molar-refractivity contribution in [3.8, 4) is 0 Å². The summed E-state index contributed by atoms with van der Waals surface area (Å²) in [5.74, 6) is -0.776. The van der Waals surface area contributed by atoms with Crippen LogP contribution in [-0.4, -0.2) is 30.8 Å². The SMILES string of the molecule is CNC(=O)c1ccc(CNC(=O)C(C)NC(=O)c2ccco2)cc1. The van der Waals surface area contributed by atoms with Crippen molar-refractivity contribution in [2.24, 2.45) is 0 Å². The Morgan fingerprint density at radius 1 is 1.08 bits per heavy atom. The van der Waals surface area contributed by atoms with Gasteiger partial charge in [-0.25, -0.2) is 0 Å². The van der Waals surface area contributed by atoms with Crippen LogP contribution in [0.15, 0.2) is 47.1 Å². The standard InChI is InChI=1S/C17H19N3O4/c1-11(20-17(23)14-4-3-9-24-14)15(21)19-10-12-5-7-13(8-6-12)16(22)18-2/h3-9,11H,10H2,1-2H3,(H,18,22)(H,19,21)(H,20,23). The van der Waals surface area contributed by atoms with Crippen LogP contribution in [0.5, 0.6) is 0 Å². The van der Waals surface area contributed by atoms with E-state index < -0.39 is 11.9 Å². The lowest BCUT2D eigenvalue weighted by Gasteiger charge is -2.13. The molecule has 24 heavy (non-hydrogen) atoms. The Morgan fingerprint density at radius 3 is 2.38 bits per heavy atom. The van der Waals surface area contributed by atoms with E-state index in [1.165, 1.54) is 12.3 Å². The van der Waals surface area contributed by atoms with E-state index in [4.69, 9.17) is 4.42 Å². The lowest BCUT2D eigenvalue weighted by atomic mass is 10.1. The summed E-state index contributed by atoms with van der Waals surface area (Å²) in [5.41, 5.74) is 1.40. The first-order chi connectivity index (χ1) is 11.5. The normalized spacial score (nSPS) is 11.4. The van der Waals surface area contributed by atoms with Crippen molar-refractivity contribution in [3.05, 3.63) is 59.5 Å². The zero-order valence-corrected chi connectivity index (χ0v) is 13.5. The van der Waals surface area contributed by atoms with Gasteiger partial charge in [0.1, 0.15) is 6.04 Å². The van der Waals surface area contributed by atoms with Gasteiger partial charge in [0.05, 0.1) is 6.26 Å². The first kappa shape index (κ1) is 17.3. The zero-order valence-electron chi connectivity index (χ0n) is 13.5. The molecule has 0 saturated carbocycles. The maximum absolute atomic E-state index is 12.0. The number of carbonyl (C=O) groups excluding carboxylic acids is 3. The summed E-state index contributed by atoms with van der Waals surface area (Å²) in [7, 11) is 1.56. The number of furan rings is 1. The fourth-order valence-electron chi connectivity index (χ4n) is 2.00. The Morgan fingerprint density at radius 2 is 1.79 bits per heavy atom. The van der Waals surface area contributed by atoms with Gasteiger partial charge < -0.3 is 20.4 Å². The van der Waals surface area contributed by atoms with Gasteiger partial charge in [-0.1, -0.05) is 12.1 Å². The molecule has 0 aliphatic heterocycles. The van der Waals surface area contributed by atoms with Gasteiger partial charge >= 0.3 is 0 Å². The van der Waals surface area contributed by atoms with E-state index in [0.717, 1.165) is 5.56 Å². The highest BCUT2D eigenvalue weighted by Crippen LogP contribution is 2.04. The molecule has 1 aromatic carbocycles. The summed E-state index contributed by atoms with van der Waals surface area (Å²) >= 11 is 0. The molecular weight excluding hydrogens is 310 g/mol. The van der Waals surface area contributed by atoms with E-state index in [-0.39, 0.29) is 17.6 Å². The monoisotopic (exact) mass is 329 g/mol. The number of nitrogens with one attached hydrogen (secondary N) is 3. The second-order valence-corrected chi connectivity index (χ2v) is 5.17. The molecular formula is C17H19N3O4. The Kier molecular flexibility index (Phi) is 5.73. The molecule has 0 aliphatic rings. The number of hydrogen-bond donors (Lipinski definition) is 3. The summed E-state index contributed by atoms with van der Waals surface area (Å²) in [4.78, 5) is 35.3. The summed E-state index contributed by atoms with van der Waals surface area (Å²) < 4.78 is 4.97. The topological polar surface area (TPSA) is 100 Å². The number of amides is 3. The van der Waals surface area contributed by atoms with Crippen molar-refractivity contribution in [1.82, 2.24) is 16.0 Å². The van der Waals surface area contributed by atoms with Crippen LogP contribution in [0, 0.1) is 0 Å². The molecule has 1 atom stereocenters. The third-order valence-electron chi connectivity index (χ3n) is 3.40. The second kappa shape index (κ2) is 7.96. The first-order valence-corrected chi connectivity index (χ1v) is 7.44. The average molecular weight is 329 g/mol. The van der Waals surface area contributed by atoms with Gasteiger partial charge in [-0.05, 0) is 36.8 Å². The highest BCUT2D eigenvalue weighted by molar-refractivity contribution is 5.95. The van der Waals surface area contributed by atoms with E-state index >= 15 is 0 Å². The smallest absolute Gasteiger partial charge is 0.287 e. The van der Waals surface area contributed by atoms with Gasteiger partial charge in [0.2, 0.25) is 5.91 Å². The Balaban J connectivity index is 1.83. The molecule has 2 aromatic rings. The van der Waals surface area contributed by atoms with Crippen molar-refractivity contribution < 1.29 is 18.8 Å². The third kappa shape index (κ3) is 4.45. The van der Waals surface area contributed by atoms with Crippen LogP contribution in [-0.2, 0) is 11.3 Å². The Hall–Kier alpha value is -3.09. The second-order valence-electron chi connectivity index (χ2n) is 5.17. The Labute approximate surface area is 139 Å². The molecule has 3 amide bonds. The lowest BCUT2D eigenvalue weighted by Crippen LogP contribution is -2.44. The van der Waals surface area contributed by atoms with Crippen LogP contribution in [0.4, 0.5) is 0 Å². The molecule has 1 unspecified atom stereocenters. The van der Waals surface area contributed by atoms with Crippen molar-refractivity contribution in [1.29, 1.82) is 0 Å². The van der Waals surface area contributed by atoms with E-state index in [1.54, 1.807) is 44.3 Å². The van der Waals surface area contributed by atoms with Gasteiger partial charge in [-0.3, -0.25) is 14.4 Å².